The number of amides is 1. The minimum absolute atomic E-state index is 0.132. The van der Waals surface area contributed by atoms with Gasteiger partial charge in [0, 0.05) is 37.4 Å². The zero-order valence-corrected chi connectivity index (χ0v) is 15.5. The quantitative estimate of drug-likeness (QED) is 0.772. The molecule has 4 rings (SSSR count). The van der Waals surface area contributed by atoms with Gasteiger partial charge in [0.25, 0.3) is 5.91 Å². The average Bonchev–Trinajstić information content (AvgIpc) is 3.02. The van der Waals surface area contributed by atoms with Gasteiger partial charge in [-0.3, -0.25) is 4.79 Å². The number of carbonyl (C=O) groups excluding carboxylic acids is 1. The van der Waals surface area contributed by atoms with Gasteiger partial charge in [0.1, 0.15) is 5.82 Å². The number of piperazine rings is 1. The number of aromatic nitrogens is 2. The molecule has 134 valence electrons. The maximum atomic E-state index is 12.8. The maximum absolute atomic E-state index is 12.8. The lowest BCUT2D eigenvalue weighted by Gasteiger charge is -2.36. The Morgan fingerprint density at radius 2 is 1.73 bits per heavy atom. The fourth-order valence-electron chi connectivity index (χ4n) is 3.55. The number of fused-ring (bicyclic) bond motifs is 1. The molecule has 1 N–H and O–H groups in total. The van der Waals surface area contributed by atoms with Crippen LogP contribution in [0.3, 0.4) is 0 Å². The minimum atomic E-state index is 0.132. The Labute approximate surface area is 153 Å². The summed E-state index contributed by atoms with van der Waals surface area (Å²) in [6.45, 7) is 9.26. The van der Waals surface area contributed by atoms with Crippen molar-refractivity contribution in [2.24, 2.45) is 0 Å². The smallest absolute Gasteiger partial charge is 0.253 e. The number of benzene rings is 2. The van der Waals surface area contributed by atoms with Crippen molar-refractivity contribution in [2.75, 3.05) is 31.1 Å². The Bertz CT molecular complexity index is 967. The molecule has 1 fully saturated rings. The number of nitrogens with zero attached hydrogens (tertiary/aromatic N) is 3. The van der Waals surface area contributed by atoms with Crippen LogP contribution in [0.25, 0.3) is 11.0 Å². The SMILES string of the molecule is Cc1nc2ccc(N3CCN(C(=O)c4ccc(C)c(C)c4)CC3)cc2[nH]1. The van der Waals surface area contributed by atoms with E-state index in [0.717, 1.165) is 54.2 Å². The highest BCUT2D eigenvalue weighted by molar-refractivity contribution is 5.94. The third kappa shape index (κ3) is 3.05. The number of nitrogens with one attached hydrogen (secondary N) is 1. The lowest BCUT2D eigenvalue weighted by Crippen LogP contribution is -2.48. The van der Waals surface area contributed by atoms with E-state index in [4.69, 9.17) is 0 Å². The molecular weight excluding hydrogens is 324 g/mol. The van der Waals surface area contributed by atoms with Gasteiger partial charge in [-0.05, 0) is 62.2 Å². The second kappa shape index (κ2) is 6.48. The predicted molar refractivity (Wildman–Crippen MR) is 105 cm³/mol. The van der Waals surface area contributed by atoms with Gasteiger partial charge in [0.2, 0.25) is 0 Å². The van der Waals surface area contributed by atoms with Gasteiger partial charge in [0.05, 0.1) is 11.0 Å². The highest BCUT2D eigenvalue weighted by Crippen LogP contribution is 2.22. The first kappa shape index (κ1) is 16.6. The molecule has 26 heavy (non-hydrogen) atoms. The van der Waals surface area contributed by atoms with Gasteiger partial charge in [0.15, 0.2) is 0 Å². The Morgan fingerprint density at radius 3 is 2.46 bits per heavy atom. The van der Waals surface area contributed by atoms with Crippen LogP contribution in [-0.4, -0.2) is 47.0 Å². The molecule has 0 atom stereocenters. The van der Waals surface area contributed by atoms with Gasteiger partial charge in [-0.25, -0.2) is 4.98 Å². The molecule has 2 heterocycles. The molecule has 0 saturated carbocycles. The van der Waals surface area contributed by atoms with E-state index in [1.165, 1.54) is 11.3 Å². The molecule has 5 heteroatoms. The molecule has 0 spiro atoms. The molecule has 0 bridgehead atoms. The second-order valence-electron chi connectivity index (χ2n) is 7.10. The largest absolute Gasteiger partial charge is 0.368 e. The normalized spacial score (nSPS) is 14.9. The summed E-state index contributed by atoms with van der Waals surface area (Å²) in [5.74, 6) is 1.06. The number of aromatic amines is 1. The summed E-state index contributed by atoms with van der Waals surface area (Å²) in [5, 5.41) is 0. The first-order valence-electron chi connectivity index (χ1n) is 9.09. The van der Waals surface area contributed by atoms with Crippen LogP contribution in [0.15, 0.2) is 36.4 Å². The Morgan fingerprint density at radius 1 is 0.962 bits per heavy atom. The highest BCUT2D eigenvalue weighted by atomic mass is 16.2. The van der Waals surface area contributed by atoms with E-state index in [9.17, 15) is 4.79 Å². The van der Waals surface area contributed by atoms with Crippen molar-refractivity contribution in [3.63, 3.8) is 0 Å². The number of hydrogen-bond donors (Lipinski definition) is 1. The molecular formula is C21H24N4O. The summed E-state index contributed by atoms with van der Waals surface area (Å²) in [5.41, 5.74) is 6.41. The summed E-state index contributed by atoms with van der Waals surface area (Å²) in [6, 6.07) is 12.3. The number of aryl methyl sites for hydroxylation is 3. The van der Waals surface area contributed by atoms with Crippen molar-refractivity contribution >= 4 is 22.6 Å². The number of imidazole rings is 1. The molecule has 1 amide bonds. The Kier molecular flexibility index (Phi) is 4.15. The highest BCUT2D eigenvalue weighted by Gasteiger charge is 2.22. The Hall–Kier alpha value is -2.82. The van der Waals surface area contributed by atoms with E-state index < -0.39 is 0 Å². The first-order valence-corrected chi connectivity index (χ1v) is 9.09. The zero-order valence-electron chi connectivity index (χ0n) is 15.5. The summed E-state index contributed by atoms with van der Waals surface area (Å²) in [7, 11) is 0. The van der Waals surface area contributed by atoms with E-state index in [2.05, 4.69) is 46.9 Å². The number of carbonyl (C=O) groups is 1. The van der Waals surface area contributed by atoms with Crippen molar-refractivity contribution in [3.05, 3.63) is 58.9 Å². The molecule has 1 aromatic heterocycles. The summed E-state index contributed by atoms with van der Waals surface area (Å²) < 4.78 is 0. The molecule has 2 aromatic carbocycles. The molecule has 3 aromatic rings. The molecule has 5 nitrogen and oxygen atoms in total. The van der Waals surface area contributed by atoms with Crippen LogP contribution in [0.5, 0.6) is 0 Å². The van der Waals surface area contributed by atoms with Crippen LogP contribution in [0.4, 0.5) is 5.69 Å². The van der Waals surface area contributed by atoms with Crippen molar-refractivity contribution < 1.29 is 4.79 Å². The third-order valence-electron chi connectivity index (χ3n) is 5.27. The monoisotopic (exact) mass is 348 g/mol. The van der Waals surface area contributed by atoms with Crippen LogP contribution in [0.2, 0.25) is 0 Å². The third-order valence-corrected chi connectivity index (χ3v) is 5.27. The van der Waals surface area contributed by atoms with Gasteiger partial charge >= 0.3 is 0 Å². The van der Waals surface area contributed by atoms with Crippen molar-refractivity contribution in [3.8, 4) is 0 Å². The number of anilines is 1. The zero-order chi connectivity index (χ0) is 18.3. The molecule has 1 aliphatic heterocycles. The number of hydrogen-bond acceptors (Lipinski definition) is 3. The van der Waals surface area contributed by atoms with E-state index in [0.29, 0.717) is 0 Å². The summed E-state index contributed by atoms with van der Waals surface area (Å²) >= 11 is 0. The van der Waals surface area contributed by atoms with Gasteiger partial charge < -0.3 is 14.8 Å². The maximum Gasteiger partial charge on any atom is 0.253 e. The van der Waals surface area contributed by atoms with Crippen LogP contribution in [0, 0.1) is 20.8 Å². The first-order chi connectivity index (χ1) is 12.5. The number of H-pyrrole nitrogens is 1. The molecule has 0 aliphatic carbocycles. The van der Waals surface area contributed by atoms with Gasteiger partial charge in [-0.15, -0.1) is 0 Å². The van der Waals surface area contributed by atoms with E-state index in [1.807, 2.05) is 30.0 Å². The predicted octanol–water partition coefficient (Wildman–Crippen LogP) is 3.45. The minimum Gasteiger partial charge on any atom is -0.368 e. The lowest BCUT2D eigenvalue weighted by molar-refractivity contribution is 0.0746. The van der Waals surface area contributed by atoms with Crippen molar-refractivity contribution in [2.45, 2.75) is 20.8 Å². The van der Waals surface area contributed by atoms with Gasteiger partial charge in [-0.2, -0.15) is 0 Å². The van der Waals surface area contributed by atoms with Crippen LogP contribution < -0.4 is 4.90 Å². The standard InChI is InChI=1S/C21H24N4O/c1-14-4-5-17(12-15(14)2)21(26)25-10-8-24(9-11-25)18-6-7-19-20(13-18)23-16(3)22-19/h4-7,12-13H,8-11H2,1-3H3,(H,22,23). The molecule has 1 aliphatic rings. The lowest BCUT2D eigenvalue weighted by atomic mass is 10.1. The fraction of sp³-hybridized carbons (Fsp3) is 0.333. The van der Waals surface area contributed by atoms with Gasteiger partial charge in [-0.1, -0.05) is 6.07 Å². The van der Waals surface area contributed by atoms with E-state index in [-0.39, 0.29) is 5.91 Å². The summed E-state index contributed by atoms with van der Waals surface area (Å²) in [4.78, 5) is 24.8. The van der Waals surface area contributed by atoms with Crippen molar-refractivity contribution in [1.82, 2.24) is 14.9 Å². The molecule has 0 radical (unpaired) electrons. The molecule has 0 unspecified atom stereocenters. The second-order valence-corrected chi connectivity index (χ2v) is 7.10. The van der Waals surface area contributed by atoms with E-state index in [1.54, 1.807) is 0 Å². The van der Waals surface area contributed by atoms with E-state index >= 15 is 0 Å². The van der Waals surface area contributed by atoms with Crippen LogP contribution in [0.1, 0.15) is 27.3 Å². The Balaban J connectivity index is 1.45. The number of rotatable bonds is 2. The summed E-state index contributed by atoms with van der Waals surface area (Å²) in [6.07, 6.45) is 0. The van der Waals surface area contributed by atoms with Crippen molar-refractivity contribution in [1.29, 1.82) is 0 Å². The topological polar surface area (TPSA) is 52.2 Å². The average molecular weight is 348 g/mol. The molecule has 1 saturated heterocycles. The fourth-order valence-corrected chi connectivity index (χ4v) is 3.55. The van der Waals surface area contributed by atoms with Crippen LogP contribution in [-0.2, 0) is 0 Å². The van der Waals surface area contributed by atoms with Crippen LogP contribution >= 0.6 is 0 Å².